The Kier molecular flexibility index (Phi) is 4.75. The van der Waals surface area contributed by atoms with E-state index in [1.165, 1.54) is 0 Å². The molecule has 0 saturated carbocycles. The molecule has 19 heavy (non-hydrogen) atoms. The van der Waals surface area contributed by atoms with Crippen molar-refractivity contribution in [2.75, 3.05) is 5.88 Å². The SMILES string of the molecule is Cc1c(C(=O)CCCCl)cccc1-c1ccccc1. The van der Waals surface area contributed by atoms with Crippen molar-refractivity contribution >= 4 is 17.4 Å². The number of rotatable bonds is 5. The van der Waals surface area contributed by atoms with Crippen LogP contribution in [-0.2, 0) is 0 Å². The third-order valence-corrected chi connectivity index (χ3v) is 3.52. The molecule has 0 radical (unpaired) electrons. The highest BCUT2D eigenvalue weighted by atomic mass is 35.5. The lowest BCUT2D eigenvalue weighted by Gasteiger charge is -2.10. The van der Waals surface area contributed by atoms with E-state index in [0.717, 1.165) is 28.7 Å². The van der Waals surface area contributed by atoms with Crippen molar-refractivity contribution in [1.82, 2.24) is 0 Å². The van der Waals surface area contributed by atoms with Crippen molar-refractivity contribution in [1.29, 1.82) is 0 Å². The highest BCUT2D eigenvalue weighted by Crippen LogP contribution is 2.26. The Balaban J connectivity index is 2.36. The van der Waals surface area contributed by atoms with Crippen molar-refractivity contribution in [2.24, 2.45) is 0 Å². The summed E-state index contributed by atoms with van der Waals surface area (Å²) in [6, 6.07) is 16.1. The van der Waals surface area contributed by atoms with Crippen LogP contribution in [0.25, 0.3) is 11.1 Å². The van der Waals surface area contributed by atoms with Gasteiger partial charge in [-0.05, 0) is 30.0 Å². The van der Waals surface area contributed by atoms with Gasteiger partial charge in [-0.1, -0.05) is 48.5 Å². The zero-order valence-electron chi connectivity index (χ0n) is 11.0. The molecule has 0 atom stereocenters. The summed E-state index contributed by atoms with van der Waals surface area (Å²) in [6.07, 6.45) is 1.25. The number of alkyl halides is 1. The largest absolute Gasteiger partial charge is 0.294 e. The monoisotopic (exact) mass is 272 g/mol. The Morgan fingerprint density at radius 1 is 1.05 bits per heavy atom. The summed E-state index contributed by atoms with van der Waals surface area (Å²) < 4.78 is 0. The molecule has 0 aliphatic carbocycles. The average molecular weight is 273 g/mol. The number of benzene rings is 2. The molecule has 0 bridgehead atoms. The Bertz CT molecular complexity index is 561. The lowest BCUT2D eigenvalue weighted by molar-refractivity contribution is 0.0981. The molecule has 0 aliphatic heterocycles. The fourth-order valence-electron chi connectivity index (χ4n) is 2.23. The van der Waals surface area contributed by atoms with Crippen LogP contribution in [0.1, 0.15) is 28.8 Å². The Hall–Kier alpha value is -1.60. The first-order chi connectivity index (χ1) is 9.24. The number of hydrogen-bond acceptors (Lipinski definition) is 1. The van der Waals surface area contributed by atoms with Gasteiger partial charge in [0.25, 0.3) is 0 Å². The van der Waals surface area contributed by atoms with Crippen molar-refractivity contribution < 1.29 is 4.79 Å². The number of hydrogen-bond donors (Lipinski definition) is 0. The molecule has 0 unspecified atom stereocenters. The van der Waals surface area contributed by atoms with Crippen molar-refractivity contribution in [3.05, 3.63) is 59.7 Å². The summed E-state index contributed by atoms with van der Waals surface area (Å²) in [5.74, 6) is 0.708. The van der Waals surface area contributed by atoms with E-state index in [1.807, 2.05) is 37.3 Å². The second-order valence-corrected chi connectivity index (χ2v) is 4.94. The first-order valence-electron chi connectivity index (χ1n) is 6.48. The van der Waals surface area contributed by atoms with Crippen LogP contribution in [0, 0.1) is 6.92 Å². The second kappa shape index (κ2) is 6.53. The second-order valence-electron chi connectivity index (χ2n) is 4.56. The molecule has 2 aromatic rings. The van der Waals surface area contributed by atoms with Crippen molar-refractivity contribution in [3.63, 3.8) is 0 Å². The van der Waals surface area contributed by atoms with Crippen LogP contribution in [0.15, 0.2) is 48.5 Å². The van der Waals surface area contributed by atoms with Crippen LogP contribution in [-0.4, -0.2) is 11.7 Å². The molecule has 2 rings (SSSR count). The zero-order chi connectivity index (χ0) is 13.7. The predicted octanol–water partition coefficient (Wildman–Crippen LogP) is 4.86. The van der Waals surface area contributed by atoms with Gasteiger partial charge in [-0.25, -0.2) is 0 Å². The van der Waals surface area contributed by atoms with Crippen LogP contribution in [0.3, 0.4) is 0 Å². The van der Waals surface area contributed by atoms with E-state index < -0.39 is 0 Å². The quantitative estimate of drug-likeness (QED) is 0.561. The van der Waals surface area contributed by atoms with E-state index in [2.05, 4.69) is 18.2 Å². The summed E-state index contributed by atoms with van der Waals surface area (Å²) in [7, 11) is 0. The number of carbonyl (C=O) groups excluding carboxylic acids is 1. The Morgan fingerprint density at radius 2 is 1.79 bits per heavy atom. The molecular formula is C17H17ClO. The van der Waals surface area contributed by atoms with E-state index in [4.69, 9.17) is 11.6 Å². The van der Waals surface area contributed by atoms with Crippen LogP contribution < -0.4 is 0 Å². The minimum Gasteiger partial charge on any atom is -0.294 e. The van der Waals surface area contributed by atoms with Gasteiger partial charge in [0.15, 0.2) is 5.78 Å². The summed E-state index contributed by atoms with van der Waals surface area (Å²) in [5, 5.41) is 0. The molecule has 0 amide bonds. The number of halogens is 1. The van der Waals surface area contributed by atoms with Gasteiger partial charge in [-0.15, -0.1) is 11.6 Å². The molecule has 0 saturated heterocycles. The van der Waals surface area contributed by atoms with Gasteiger partial charge in [-0.2, -0.15) is 0 Å². The van der Waals surface area contributed by atoms with Crippen LogP contribution >= 0.6 is 11.6 Å². The van der Waals surface area contributed by atoms with Gasteiger partial charge in [0.1, 0.15) is 0 Å². The van der Waals surface area contributed by atoms with Crippen molar-refractivity contribution in [3.8, 4) is 11.1 Å². The maximum Gasteiger partial charge on any atom is 0.163 e. The van der Waals surface area contributed by atoms with E-state index in [-0.39, 0.29) is 5.78 Å². The highest BCUT2D eigenvalue weighted by Gasteiger charge is 2.11. The molecular weight excluding hydrogens is 256 g/mol. The van der Waals surface area contributed by atoms with Gasteiger partial charge < -0.3 is 0 Å². The number of carbonyl (C=O) groups is 1. The van der Waals surface area contributed by atoms with Crippen molar-refractivity contribution in [2.45, 2.75) is 19.8 Å². The first kappa shape index (κ1) is 13.8. The molecule has 0 aliphatic rings. The fraction of sp³-hybridized carbons (Fsp3) is 0.235. The third-order valence-electron chi connectivity index (χ3n) is 3.26. The molecule has 0 heterocycles. The summed E-state index contributed by atoms with van der Waals surface area (Å²) in [4.78, 5) is 12.1. The molecule has 0 spiro atoms. The molecule has 98 valence electrons. The summed E-state index contributed by atoms with van der Waals surface area (Å²) in [5.41, 5.74) is 4.13. The van der Waals surface area contributed by atoms with Crippen LogP contribution in [0.4, 0.5) is 0 Å². The van der Waals surface area contributed by atoms with E-state index in [0.29, 0.717) is 12.3 Å². The summed E-state index contributed by atoms with van der Waals surface area (Å²) in [6.45, 7) is 2.01. The predicted molar refractivity (Wildman–Crippen MR) is 80.9 cm³/mol. The van der Waals surface area contributed by atoms with Crippen LogP contribution in [0.2, 0.25) is 0 Å². The molecule has 0 fully saturated rings. The zero-order valence-corrected chi connectivity index (χ0v) is 11.8. The Morgan fingerprint density at radius 3 is 2.47 bits per heavy atom. The highest BCUT2D eigenvalue weighted by molar-refractivity contribution is 6.18. The molecule has 2 aromatic carbocycles. The first-order valence-corrected chi connectivity index (χ1v) is 7.01. The van der Waals surface area contributed by atoms with E-state index >= 15 is 0 Å². The molecule has 0 N–H and O–H groups in total. The number of ketones is 1. The van der Waals surface area contributed by atoms with Gasteiger partial charge in [-0.3, -0.25) is 4.79 Å². The van der Waals surface area contributed by atoms with Crippen LogP contribution in [0.5, 0.6) is 0 Å². The maximum atomic E-state index is 12.1. The normalized spacial score (nSPS) is 10.4. The van der Waals surface area contributed by atoms with E-state index in [1.54, 1.807) is 0 Å². The molecule has 2 heteroatoms. The lowest BCUT2D eigenvalue weighted by Crippen LogP contribution is -2.03. The average Bonchev–Trinajstić information content (AvgIpc) is 2.46. The topological polar surface area (TPSA) is 17.1 Å². The molecule has 1 nitrogen and oxygen atoms in total. The number of Topliss-reactive ketones (excluding diaryl/α,β-unsaturated/α-hetero) is 1. The standard InChI is InChI=1S/C17H17ClO/c1-13-15(14-7-3-2-4-8-14)9-5-10-16(13)17(19)11-6-12-18/h2-5,7-10H,6,11-12H2,1H3. The maximum absolute atomic E-state index is 12.1. The van der Waals surface area contributed by atoms with Gasteiger partial charge in [0.2, 0.25) is 0 Å². The van der Waals surface area contributed by atoms with Gasteiger partial charge in [0.05, 0.1) is 0 Å². The van der Waals surface area contributed by atoms with Gasteiger partial charge >= 0.3 is 0 Å². The van der Waals surface area contributed by atoms with E-state index in [9.17, 15) is 4.79 Å². The fourth-order valence-corrected chi connectivity index (χ4v) is 2.36. The van der Waals surface area contributed by atoms with Gasteiger partial charge in [0, 0.05) is 17.9 Å². The summed E-state index contributed by atoms with van der Waals surface area (Å²) >= 11 is 5.65. The molecule has 0 aromatic heterocycles. The minimum absolute atomic E-state index is 0.177. The third kappa shape index (κ3) is 3.24. The Labute approximate surface area is 119 Å². The lowest BCUT2D eigenvalue weighted by atomic mass is 9.93. The minimum atomic E-state index is 0.177. The smallest absolute Gasteiger partial charge is 0.163 e.